The van der Waals surface area contributed by atoms with Gasteiger partial charge in [0, 0.05) is 21.1 Å². The van der Waals surface area contributed by atoms with E-state index < -0.39 is 32.2 Å². The van der Waals surface area contributed by atoms with Crippen molar-refractivity contribution in [3.63, 3.8) is 0 Å². The molecule has 0 aromatic rings. The van der Waals surface area contributed by atoms with Crippen molar-refractivity contribution in [3.05, 3.63) is 0 Å². The summed E-state index contributed by atoms with van der Waals surface area (Å²) in [6, 6.07) is 0. The number of hydrogen-bond acceptors (Lipinski definition) is 0. The van der Waals surface area contributed by atoms with E-state index in [1.807, 2.05) is 0 Å². The van der Waals surface area contributed by atoms with E-state index >= 15 is 0 Å². The van der Waals surface area contributed by atoms with Crippen LogP contribution in [0.3, 0.4) is 0 Å². The third-order valence-electron chi connectivity index (χ3n) is 0. The van der Waals surface area contributed by atoms with E-state index in [1.165, 1.54) is 0 Å². The first kappa shape index (κ1) is 9.83. The molecule has 0 spiro atoms. The topological polar surface area (TPSA) is 0 Å². The molecule has 0 saturated carbocycles. The summed E-state index contributed by atoms with van der Waals surface area (Å²) in [5.74, 6) is 0. The number of rotatable bonds is 0. The van der Waals surface area contributed by atoms with Crippen molar-refractivity contribution >= 4 is 0 Å². The molecule has 0 aliphatic heterocycles. The van der Waals surface area contributed by atoms with Crippen molar-refractivity contribution < 1.29 is 58.1 Å². The maximum Gasteiger partial charge on any atom is 0 e. The van der Waals surface area contributed by atoms with Crippen LogP contribution in [0.2, 0.25) is 0 Å². The SMILES string of the molecule is [F][La]([F])[F].[Mo]. The van der Waals surface area contributed by atoms with E-state index in [0.717, 1.165) is 0 Å². The molecule has 0 unspecified atom stereocenters. The first-order chi connectivity index (χ1) is 1.73. The van der Waals surface area contributed by atoms with E-state index in [2.05, 4.69) is 0 Å². The number of halogens is 3. The van der Waals surface area contributed by atoms with Crippen molar-refractivity contribution in [3.8, 4) is 0 Å². The van der Waals surface area contributed by atoms with Gasteiger partial charge in [0.2, 0.25) is 0 Å². The molecule has 0 nitrogen and oxygen atoms in total. The van der Waals surface area contributed by atoms with Gasteiger partial charge < -0.3 is 0 Å². The molecule has 0 aliphatic rings. The average Bonchev–Trinajstić information content (AvgIpc) is 0.811. The molecule has 5 heteroatoms. The molecule has 0 radical (unpaired) electrons. The van der Waals surface area contributed by atoms with Crippen molar-refractivity contribution in [2.45, 2.75) is 0 Å². The molecule has 0 aromatic carbocycles. The molecule has 0 amide bonds. The van der Waals surface area contributed by atoms with Crippen molar-refractivity contribution in [1.82, 2.24) is 0 Å². The minimum Gasteiger partial charge on any atom is 0 e. The summed E-state index contributed by atoms with van der Waals surface area (Å²) in [4.78, 5) is 0. The summed E-state index contributed by atoms with van der Waals surface area (Å²) >= 11 is -5.22. The Kier molecular flexibility index (Phi) is 11.2. The Hall–Kier alpha value is 1.67. The Morgan fingerprint density at radius 3 is 1.00 bits per heavy atom. The largest absolute Gasteiger partial charge is 0 e. The smallest absolute Gasteiger partial charge is 0 e. The number of hydrogen-bond donors (Lipinski definition) is 0. The van der Waals surface area contributed by atoms with Gasteiger partial charge in [0.1, 0.15) is 0 Å². The van der Waals surface area contributed by atoms with Gasteiger partial charge in [-0.15, -0.1) is 0 Å². The standard InChI is InChI=1S/3FH.La.Mo/h3*1H;;/q;;;+3;/p-3. The van der Waals surface area contributed by atoms with Crippen LogP contribution >= 0.6 is 0 Å². The Labute approximate surface area is 57.4 Å². The van der Waals surface area contributed by atoms with Crippen LogP contribution in [0.4, 0.5) is 4.81 Å². The fraction of sp³-hybridized carbons (Fsp3) is 0. The molecule has 5 heavy (non-hydrogen) atoms. The zero-order chi connectivity index (χ0) is 3.58. The minimum absolute atomic E-state index is 0. The summed E-state index contributed by atoms with van der Waals surface area (Å²) in [6.45, 7) is 0. The first-order valence-electron chi connectivity index (χ1n) is 0.655. The molecule has 0 fully saturated rings. The summed E-state index contributed by atoms with van der Waals surface area (Å²) < 4.78 is 29.7. The van der Waals surface area contributed by atoms with Gasteiger partial charge in [-0.3, -0.25) is 0 Å². The molecule has 0 bridgehead atoms. The molecule has 0 atom stereocenters. The Balaban J connectivity index is 0. The van der Waals surface area contributed by atoms with Gasteiger partial charge in [-0.2, -0.15) is 0 Å². The fourth-order valence-electron chi connectivity index (χ4n) is 0. The third-order valence-corrected chi connectivity index (χ3v) is 0. The molecule has 0 heterocycles. The second-order valence-electron chi connectivity index (χ2n) is 0.247. The van der Waals surface area contributed by atoms with E-state index in [4.69, 9.17) is 0 Å². The Morgan fingerprint density at radius 2 is 1.00 bits per heavy atom. The zero-order valence-corrected chi connectivity index (χ0v) is 7.75. The quantitative estimate of drug-likeness (QED) is 0.590. The molecular formula is F3LaMo. The summed E-state index contributed by atoms with van der Waals surface area (Å²) in [7, 11) is 0. The van der Waals surface area contributed by atoms with Crippen LogP contribution in [0.5, 0.6) is 0 Å². The summed E-state index contributed by atoms with van der Waals surface area (Å²) in [5.41, 5.74) is 0. The molecule has 30 valence electrons. The molecule has 0 aliphatic carbocycles. The van der Waals surface area contributed by atoms with E-state index in [0.29, 0.717) is 0 Å². The van der Waals surface area contributed by atoms with Crippen molar-refractivity contribution in [2.24, 2.45) is 0 Å². The van der Waals surface area contributed by atoms with Crippen LogP contribution in [-0.2, 0) is 21.1 Å². The van der Waals surface area contributed by atoms with Gasteiger partial charge in [0.05, 0.1) is 0 Å². The van der Waals surface area contributed by atoms with Crippen molar-refractivity contribution in [1.29, 1.82) is 0 Å². The van der Waals surface area contributed by atoms with Crippen LogP contribution < -0.4 is 0 Å². The molecule has 0 saturated heterocycles. The maximum atomic E-state index is 9.89. The van der Waals surface area contributed by atoms with Crippen LogP contribution in [0, 0.1) is 32.2 Å². The van der Waals surface area contributed by atoms with Gasteiger partial charge >= 0.3 is 37.1 Å². The van der Waals surface area contributed by atoms with E-state index in [-0.39, 0.29) is 21.1 Å². The molecule has 0 rings (SSSR count). The van der Waals surface area contributed by atoms with Crippen LogP contribution in [0.15, 0.2) is 0 Å². The molecule has 0 aromatic heterocycles. The van der Waals surface area contributed by atoms with Crippen molar-refractivity contribution in [2.75, 3.05) is 0 Å². The summed E-state index contributed by atoms with van der Waals surface area (Å²) in [5, 5.41) is 0. The Bertz CT molecular complexity index is 11.6. The average molecular weight is 292 g/mol. The van der Waals surface area contributed by atoms with Crippen LogP contribution in [0.25, 0.3) is 0 Å². The molecule has 0 N–H and O–H groups in total. The van der Waals surface area contributed by atoms with Gasteiger partial charge in [-0.25, -0.2) is 0 Å². The van der Waals surface area contributed by atoms with E-state index in [1.54, 1.807) is 0 Å². The normalized spacial score (nSPS) is 5.40. The molecular weight excluding hydrogens is 292 g/mol. The van der Waals surface area contributed by atoms with Gasteiger partial charge in [-0.05, 0) is 0 Å². The van der Waals surface area contributed by atoms with E-state index in [9.17, 15) is 4.81 Å². The third kappa shape index (κ3) is 27.3. The fourth-order valence-corrected chi connectivity index (χ4v) is 0. The predicted octanol–water partition coefficient (Wildman–Crippen LogP) is 1.26. The first-order valence-corrected chi connectivity index (χ1v) is 4.77. The van der Waals surface area contributed by atoms with Gasteiger partial charge in [0.15, 0.2) is 0 Å². The summed E-state index contributed by atoms with van der Waals surface area (Å²) in [6.07, 6.45) is 0. The predicted molar refractivity (Wildman–Crippen MR) is 3.32 cm³/mol. The van der Waals surface area contributed by atoms with Gasteiger partial charge in [0.25, 0.3) is 0 Å². The monoisotopic (exact) mass is 294 g/mol. The van der Waals surface area contributed by atoms with Crippen LogP contribution in [0.1, 0.15) is 0 Å². The second-order valence-corrected chi connectivity index (χ2v) is 1.80. The van der Waals surface area contributed by atoms with Crippen LogP contribution in [-0.4, -0.2) is 0 Å². The zero-order valence-electron chi connectivity index (χ0n) is 2.12. The Morgan fingerprint density at radius 1 is 1.00 bits per heavy atom. The maximum absolute atomic E-state index is 9.89. The second kappa shape index (κ2) is 5.67. The van der Waals surface area contributed by atoms with Gasteiger partial charge in [-0.1, -0.05) is 0 Å². The minimum atomic E-state index is -5.22.